The van der Waals surface area contributed by atoms with Gasteiger partial charge in [0.25, 0.3) is 0 Å². The minimum absolute atomic E-state index is 0.889. The lowest BCUT2D eigenvalue weighted by Gasteiger charge is -1.98. The summed E-state index contributed by atoms with van der Waals surface area (Å²) >= 11 is 1.72. The van der Waals surface area contributed by atoms with Crippen LogP contribution in [0.3, 0.4) is 0 Å². The molecule has 1 N–H and O–H groups in total. The first-order valence-electron chi connectivity index (χ1n) is 6.35. The van der Waals surface area contributed by atoms with Gasteiger partial charge in [0, 0.05) is 19.4 Å². The van der Waals surface area contributed by atoms with Crippen LogP contribution in [0.5, 0.6) is 0 Å². The predicted octanol–water partition coefficient (Wildman–Crippen LogP) is 2.59. The van der Waals surface area contributed by atoms with Gasteiger partial charge < -0.3 is 5.32 Å². The van der Waals surface area contributed by atoms with Crippen LogP contribution in [0.15, 0.2) is 24.3 Å². The molecule has 4 heteroatoms. The van der Waals surface area contributed by atoms with Crippen LogP contribution in [0.25, 0.3) is 0 Å². The molecule has 0 saturated carbocycles. The van der Waals surface area contributed by atoms with Crippen LogP contribution in [-0.2, 0) is 12.8 Å². The molecule has 0 aliphatic carbocycles. The number of aryl methyl sites for hydroxylation is 1. The maximum Gasteiger partial charge on any atom is 0.121 e. The summed E-state index contributed by atoms with van der Waals surface area (Å²) in [7, 11) is 0. The molecule has 1 aromatic carbocycles. The first-order valence-corrected chi connectivity index (χ1v) is 7.17. The number of aromatic nitrogens is 2. The monoisotopic (exact) mass is 261 g/mol. The molecule has 96 valence electrons. The van der Waals surface area contributed by atoms with E-state index in [-0.39, 0.29) is 0 Å². The molecule has 18 heavy (non-hydrogen) atoms. The number of hydrogen-bond acceptors (Lipinski definition) is 4. The van der Waals surface area contributed by atoms with Crippen LogP contribution in [0.2, 0.25) is 0 Å². The van der Waals surface area contributed by atoms with Crippen molar-refractivity contribution in [2.45, 2.75) is 26.7 Å². The van der Waals surface area contributed by atoms with Gasteiger partial charge in [0.1, 0.15) is 10.0 Å². The van der Waals surface area contributed by atoms with Gasteiger partial charge in [-0.2, -0.15) is 0 Å². The normalized spacial score (nSPS) is 10.8. The van der Waals surface area contributed by atoms with E-state index >= 15 is 0 Å². The average molecular weight is 261 g/mol. The Morgan fingerprint density at radius 1 is 1.22 bits per heavy atom. The smallest absolute Gasteiger partial charge is 0.121 e. The van der Waals surface area contributed by atoms with E-state index in [1.54, 1.807) is 11.3 Å². The van der Waals surface area contributed by atoms with Crippen LogP contribution in [-0.4, -0.2) is 23.3 Å². The summed E-state index contributed by atoms with van der Waals surface area (Å²) in [4.78, 5) is 0. The molecular weight excluding hydrogens is 242 g/mol. The standard InChI is InChI=1S/C14H19N3S/c1-3-15-8-7-13-16-17-14(18-13)10-12-6-4-5-11(2)9-12/h4-6,9,15H,3,7-8,10H2,1-2H3. The second kappa shape index (κ2) is 6.61. The first kappa shape index (κ1) is 13.2. The highest BCUT2D eigenvalue weighted by molar-refractivity contribution is 7.11. The SMILES string of the molecule is CCNCCc1nnc(Cc2cccc(C)c2)s1. The van der Waals surface area contributed by atoms with Crippen LogP contribution < -0.4 is 5.32 Å². The first-order chi connectivity index (χ1) is 8.78. The van der Waals surface area contributed by atoms with E-state index in [2.05, 4.69) is 53.6 Å². The molecule has 0 spiro atoms. The van der Waals surface area contributed by atoms with E-state index < -0.39 is 0 Å². The molecule has 0 amide bonds. The highest BCUT2D eigenvalue weighted by atomic mass is 32.1. The molecule has 0 atom stereocenters. The molecule has 0 bridgehead atoms. The lowest BCUT2D eigenvalue weighted by molar-refractivity contribution is 0.710. The molecule has 0 unspecified atom stereocenters. The third-order valence-electron chi connectivity index (χ3n) is 2.71. The number of nitrogens with zero attached hydrogens (tertiary/aromatic N) is 2. The zero-order valence-electron chi connectivity index (χ0n) is 10.9. The van der Waals surface area contributed by atoms with Crippen LogP contribution >= 0.6 is 11.3 Å². The summed E-state index contributed by atoms with van der Waals surface area (Å²) in [6, 6.07) is 8.57. The molecule has 0 saturated heterocycles. The number of nitrogens with one attached hydrogen (secondary N) is 1. The summed E-state index contributed by atoms with van der Waals surface area (Å²) in [6.45, 7) is 6.22. The fourth-order valence-corrected chi connectivity index (χ4v) is 2.71. The van der Waals surface area contributed by atoms with Gasteiger partial charge in [0.05, 0.1) is 0 Å². The van der Waals surface area contributed by atoms with Crippen molar-refractivity contribution >= 4 is 11.3 Å². The lowest BCUT2D eigenvalue weighted by atomic mass is 10.1. The second-order valence-corrected chi connectivity index (χ2v) is 5.51. The van der Waals surface area contributed by atoms with E-state index in [0.717, 1.165) is 35.9 Å². The largest absolute Gasteiger partial charge is 0.317 e. The van der Waals surface area contributed by atoms with Gasteiger partial charge in [-0.1, -0.05) is 36.8 Å². The highest BCUT2D eigenvalue weighted by Gasteiger charge is 2.05. The number of likely N-dealkylation sites (N-methyl/N-ethyl adjacent to an activating group) is 1. The van der Waals surface area contributed by atoms with Gasteiger partial charge in [-0.25, -0.2) is 0 Å². The number of rotatable bonds is 6. The van der Waals surface area contributed by atoms with Crippen molar-refractivity contribution in [1.29, 1.82) is 0 Å². The zero-order valence-corrected chi connectivity index (χ0v) is 11.8. The Morgan fingerprint density at radius 2 is 2.06 bits per heavy atom. The molecular formula is C14H19N3S. The van der Waals surface area contributed by atoms with Gasteiger partial charge in [0.2, 0.25) is 0 Å². The van der Waals surface area contributed by atoms with Crippen molar-refractivity contribution in [3.05, 3.63) is 45.4 Å². The lowest BCUT2D eigenvalue weighted by Crippen LogP contribution is -2.15. The summed E-state index contributed by atoms with van der Waals surface area (Å²) in [5, 5.41) is 14.0. The van der Waals surface area contributed by atoms with Crippen molar-refractivity contribution in [3.63, 3.8) is 0 Å². The van der Waals surface area contributed by atoms with Crippen LogP contribution in [0.1, 0.15) is 28.1 Å². The minimum Gasteiger partial charge on any atom is -0.317 e. The Bertz CT molecular complexity index is 493. The zero-order chi connectivity index (χ0) is 12.8. The second-order valence-electron chi connectivity index (χ2n) is 4.36. The van der Waals surface area contributed by atoms with Gasteiger partial charge in [-0.05, 0) is 19.0 Å². The number of hydrogen-bond donors (Lipinski definition) is 1. The molecule has 0 aliphatic heterocycles. The fourth-order valence-electron chi connectivity index (χ4n) is 1.83. The molecule has 0 fully saturated rings. The minimum atomic E-state index is 0.889. The van der Waals surface area contributed by atoms with E-state index in [1.165, 1.54) is 11.1 Å². The average Bonchev–Trinajstić information content (AvgIpc) is 2.77. The molecule has 1 heterocycles. The Labute approximate surface area is 112 Å². The van der Waals surface area contributed by atoms with Crippen molar-refractivity contribution in [2.24, 2.45) is 0 Å². The van der Waals surface area contributed by atoms with Crippen molar-refractivity contribution < 1.29 is 0 Å². The Morgan fingerprint density at radius 3 is 2.83 bits per heavy atom. The van der Waals surface area contributed by atoms with Gasteiger partial charge >= 0.3 is 0 Å². The molecule has 2 aromatic rings. The molecule has 0 radical (unpaired) electrons. The Hall–Kier alpha value is -1.26. The van der Waals surface area contributed by atoms with E-state index in [1.807, 2.05) is 0 Å². The third kappa shape index (κ3) is 3.89. The topological polar surface area (TPSA) is 37.8 Å². The van der Waals surface area contributed by atoms with E-state index in [9.17, 15) is 0 Å². The van der Waals surface area contributed by atoms with Gasteiger partial charge in [-0.15, -0.1) is 21.5 Å². The maximum atomic E-state index is 4.26. The molecule has 1 aromatic heterocycles. The summed E-state index contributed by atoms with van der Waals surface area (Å²) in [5.41, 5.74) is 2.61. The maximum absolute atomic E-state index is 4.26. The van der Waals surface area contributed by atoms with Gasteiger partial charge in [0.15, 0.2) is 0 Å². The Kier molecular flexibility index (Phi) is 4.84. The molecule has 0 aliphatic rings. The quantitative estimate of drug-likeness (QED) is 0.812. The number of benzene rings is 1. The summed E-state index contributed by atoms with van der Waals surface area (Å²) in [6.07, 6.45) is 1.86. The van der Waals surface area contributed by atoms with Crippen LogP contribution in [0, 0.1) is 6.92 Å². The third-order valence-corrected chi connectivity index (χ3v) is 3.70. The van der Waals surface area contributed by atoms with E-state index in [0.29, 0.717) is 0 Å². The summed E-state index contributed by atoms with van der Waals surface area (Å²) < 4.78 is 0. The summed E-state index contributed by atoms with van der Waals surface area (Å²) in [5.74, 6) is 0. The van der Waals surface area contributed by atoms with Crippen LogP contribution in [0.4, 0.5) is 0 Å². The van der Waals surface area contributed by atoms with Crippen molar-refractivity contribution in [1.82, 2.24) is 15.5 Å². The van der Waals surface area contributed by atoms with Crippen molar-refractivity contribution in [3.8, 4) is 0 Å². The predicted molar refractivity (Wildman–Crippen MR) is 76.1 cm³/mol. The fraction of sp³-hybridized carbons (Fsp3) is 0.429. The molecule has 2 rings (SSSR count). The van der Waals surface area contributed by atoms with Crippen molar-refractivity contribution in [2.75, 3.05) is 13.1 Å². The molecule has 3 nitrogen and oxygen atoms in total. The Balaban J connectivity index is 1.94. The highest BCUT2D eigenvalue weighted by Crippen LogP contribution is 2.15. The van der Waals surface area contributed by atoms with E-state index in [4.69, 9.17) is 0 Å². The van der Waals surface area contributed by atoms with Gasteiger partial charge in [-0.3, -0.25) is 0 Å².